The zero-order chi connectivity index (χ0) is 13.1. The Bertz CT molecular complexity index is 574. The van der Waals surface area contributed by atoms with Gasteiger partial charge in [-0.05, 0) is 18.4 Å². The van der Waals surface area contributed by atoms with E-state index < -0.39 is 0 Å². The van der Waals surface area contributed by atoms with Crippen LogP contribution in [0.5, 0.6) is 0 Å². The van der Waals surface area contributed by atoms with Crippen molar-refractivity contribution < 1.29 is 4.79 Å². The van der Waals surface area contributed by atoms with Gasteiger partial charge in [-0.25, -0.2) is 4.98 Å². The van der Waals surface area contributed by atoms with Crippen LogP contribution >= 0.6 is 0 Å². The number of nitrogens with zero attached hydrogens (tertiary/aromatic N) is 5. The number of anilines is 1. The zero-order valence-corrected chi connectivity index (χ0v) is 9.83. The van der Waals surface area contributed by atoms with E-state index >= 15 is 0 Å². The summed E-state index contributed by atoms with van der Waals surface area (Å²) in [5, 5.41) is 3.46. The highest BCUT2D eigenvalue weighted by atomic mass is 16.2. The topological polar surface area (TPSA) is 115 Å². The number of carbonyl (C=O) groups is 1. The van der Waals surface area contributed by atoms with Crippen molar-refractivity contribution in [3.05, 3.63) is 32.7 Å². The third kappa shape index (κ3) is 2.49. The lowest BCUT2D eigenvalue weighted by molar-refractivity contribution is -0.117. The number of nitrogens with one attached hydrogen (secondary N) is 1. The lowest BCUT2D eigenvalue weighted by atomic mass is 10.1. The van der Waals surface area contributed by atoms with Crippen LogP contribution in [0.1, 0.15) is 12.2 Å². The van der Waals surface area contributed by atoms with Crippen LogP contribution in [-0.4, -0.2) is 29.0 Å². The zero-order valence-electron chi connectivity index (χ0n) is 9.83. The minimum Gasteiger partial charge on any atom is -0.311 e. The third-order valence-corrected chi connectivity index (χ3v) is 2.73. The number of aryl methyl sites for hydroxylation is 1. The fourth-order valence-electron chi connectivity index (χ4n) is 1.98. The molecule has 94 valence electrons. The van der Waals surface area contributed by atoms with Crippen molar-refractivity contribution in [3.8, 4) is 0 Å². The van der Waals surface area contributed by atoms with E-state index in [0.717, 1.165) is 0 Å². The van der Waals surface area contributed by atoms with Crippen LogP contribution in [0.2, 0.25) is 0 Å². The van der Waals surface area contributed by atoms with Gasteiger partial charge in [-0.2, -0.15) is 0 Å². The van der Waals surface area contributed by atoms with Gasteiger partial charge >= 0.3 is 0 Å². The fraction of sp³-hybridized carbons (Fsp3) is 0.500. The summed E-state index contributed by atoms with van der Waals surface area (Å²) in [5.74, 6) is 0.689. The monoisotopic (exact) mass is 248 g/mol. The van der Waals surface area contributed by atoms with E-state index in [1.54, 1.807) is 6.92 Å². The number of H-pyrrole nitrogens is 1. The molecule has 8 heteroatoms. The molecule has 0 bridgehead atoms. The van der Waals surface area contributed by atoms with E-state index in [1.165, 1.54) is 11.0 Å². The quantitative estimate of drug-likeness (QED) is 0.483. The van der Waals surface area contributed by atoms with E-state index in [0.29, 0.717) is 24.6 Å². The number of carbonyl (C=O) groups excluding carboxylic acids is 1. The van der Waals surface area contributed by atoms with Gasteiger partial charge in [0.25, 0.3) is 5.56 Å². The number of hydrogen-bond donors (Lipinski definition) is 1. The van der Waals surface area contributed by atoms with Crippen molar-refractivity contribution in [2.75, 3.05) is 18.0 Å². The largest absolute Gasteiger partial charge is 0.311 e. The predicted octanol–water partition coefficient (Wildman–Crippen LogP) is 0.742. The highest BCUT2D eigenvalue weighted by Gasteiger charge is 2.31. The van der Waals surface area contributed by atoms with Crippen molar-refractivity contribution >= 4 is 11.7 Å². The first-order valence-electron chi connectivity index (χ1n) is 5.49. The van der Waals surface area contributed by atoms with Gasteiger partial charge in [0.2, 0.25) is 5.91 Å². The van der Waals surface area contributed by atoms with E-state index in [9.17, 15) is 9.59 Å². The molecule has 2 heterocycles. The smallest absolute Gasteiger partial charge is 0.252 e. The van der Waals surface area contributed by atoms with Gasteiger partial charge < -0.3 is 4.98 Å². The molecular formula is C10H12N6O2. The first kappa shape index (κ1) is 12.1. The van der Waals surface area contributed by atoms with Crippen LogP contribution in [0.4, 0.5) is 5.82 Å². The molecular weight excluding hydrogens is 236 g/mol. The van der Waals surface area contributed by atoms with Crippen molar-refractivity contribution in [1.29, 1.82) is 0 Å². The molecule has 0 aliphatic carbocycles. The highest BCUT2D eigenvalue weighted by Crippen LogP contribution is 2.22. The maximum atomic E-state index is 11.8. The second kappa shape index (κ2) is 4.89. The Labute approximate surface area is 102 Å². The molecule has 1 aliphatic rings. The Morgan fingerprint density at radius 1 is 1.67 bits per heavy atom. The molecule has 1 unspecified atom stereocenters. The van der Waals surface area contributed by atoms with Crippen LogP contribution in [0.3, 0.4) is 0 Å². The average Bonchev–Trinajstić information content (AvgIpc) is 2.66. The normalized spacial score (nSPS) is 18.8. The average molecular weight is 248 g/mol. The van der Waals surface area contributed by atoms with Crippen molar-refractivity contribution in [2.24, 2.45) is 11.0 Å². The second-order valence-electron chi connectivity index (χ2n) is 4.18. The Balaban J connectivity index is 2.21. The van der Waals surface area contributed by atoms with Crippen LogP contribution < -0.4 is 10.5 Å². The second-order valence-corrected chi connectivity index (χ2v) is 4.18. The number of azide groups is 1. The van der Waals surface area contributed by atoms with Crippen molar-refractivity contribution in [2.45, 2.75) is 13.3 Å². The number of amides is 1. The summed E-state index contributed by atoms with van der Waals surface area (Å²) in [5.41, 5.74) is 7.96. The molecule has 0 radical (unpaired) electrons. The van der Waals surface area contributed by atoms with Gasteiger partial charge in [0.1, 0.15) is 11.6 Å². The minimum atomic E-state index is -0.288. The van der Waals surface area contributed by atoms with E-state index in [-0.39, 0.29) is 23.9 Å². The summed E-state index contributed by atoms with van der Waals surface area (Å²) >= 11 is 0. The summed E-state index contributed by atoms with van der Waals surface area (Å²) in [6, 6.07) is 1.29. The van der Waals surface area contributed by atoms with Gasteiger partial charge in [-0.3, -0.25) is 14.5 Å². The Kier molecular flexibility index (Phi) is 3.29. The minimum absolute atomic E-state index is 0.0187. The number of hydrogen-bond acceptors (Lipinski definition) is 4. The maximum Gasteiger partial charge on any atom is 0.252 e. The molecule has 1 fully saturated rings. The molecule has 0 saturated carbocycles. The Morgan fingerprint density at radius 3 is 3.11 bits per heavy atom. The first-order valence-corrected chi connectivity index (χ1v) is 5.49. The summed E-state index contributed by atoms with van der Waals surface area (Å²) in [4.78, 5) is 33.9. The van der Waals surface area contributed by atoms with E-state index in [2.05, 4.69) is 20.0 Å². The molecule has 2 rings (SSSR count). The number of aromatic nitrogens is 2. The molecule has 0 aromatic carbocycles. The number of rotatable bonds is 3. The Hall–Kier alpha value is -2.34. The van der Waals surface area contributed by atoms with Crippen molar-refractivity contribution in [3.63, 3.8) is 0 Å². The highest BCUT2D eigenvalue weighted by molar-refractivity contribution is 5.94. The molecule has 1 amide bonds. The molecule has 1 N–H and O–H groups in total. The summed E-state index contributed by atoms with van der Waals surface area (Å²) in [6.45, 7) is 2.36. The van der Waals surface area contributed by atoms with Gasteiger partial charge in [-0.15, -0.1) is 0 Å². The first-order chi connectivity index (χ1) is 8.60. The molecule has 18 heavy (non-hydrogen) atoms. The third-order valence-electron chi connectivity index (χ3n) is 2.73. The van der Waals surface area contributed by atoms with Gasteiger partial charge in [0.05, 0.1) is 0 Å². The molecule has 8 nitrogen and oxygen atoms in total. The van der Waals surface area contributed by atoms with Gasteiger partial charge in [0, 0.05) is 30.5 Å². The summed E-state index contributed by atoms with van der Waals surface area (Å²) < 4.78 is 0. The molecule has 1 aromatic rings. The van der Waals surface area contributed by atoms with E-state index in [4.69, 9.17) is 5.53 Å². The lowest BCUT2D eigenvalue weighted by Gasteiger charge is -2.15. The molecule has 1 aromatic heterocycles. The lowest BCUT2D eigenvalue weighted by Crippen LogP contribution is -2.27. The SMILES string of the molecule is Cc1nc(N2CC(CN=[N+]=[N-])CC2=O)cc(=O)[nH]1. The molecule has 1 saturated heterocycles. The fourth-order valence-corrected chi connectivity index (χ4v) is 1.98. The van der Waals surface area contributed by atoms with Crippen molar-refractivity contribution in [1.82, 2.24) is 9.97 Å². The molecule has 0 spiro atoms. The molecule has 1 atom stereocenters. The van der Waals surface area contributed by atoms with Crippen LogP contribution in [0.25, 0.3) is 10.4 Å². The van der Waals surface area contributed by atoms with Crippen LogP contribution in [0.15, 0.2) is 16.0 Å². The maximum absolute atomic E-state index is 11.8. The summed E-state index contributed by atoms with van der Waals surface area (Å²) in [7, 11) is 0. The number of aromatic amines is 1. The van der Waals surface area contributed by atoms with Gasteiger partial charge in [-0.1, -0.05) is 5.11 Å². The summed E-state index contributed by atoms with van der Waals surface area (Å²) in [6.07, 6.45) is 0.312. The standard InChI is InChI=1S/C10H12N6O2/c1-6-13-8(3-9(17)14-6)16-5-7(2-10(16)18)4-12-15-11/h3,7H,2,4-5H2,1H3,(H,13,14,17). The van der Waals surface area contributed by atoms with Crippen LogP contribution in [-0.2, 0) is 4.79 Å². The van der Waals surface area contributed by atoms with E-state index in [1.807, 2.05) is 0 Å². The van der Waals surface area contributed by atoms with Crippen LogP contribution in [0, 0.1) is 12.8 Å². The molecule has 1 aliphatic heterocycles. The Morgan fingerprint density at radius 2 is 2.44 bits per heavy atom. The van der Waals surface area contributed by atoms with Gasteiger partial charge in [0.15, 0.2) is 0 Å². The predicted molar refractivity (Wildman–Crippen MR) is 64.1 cm³/mol.